The van der Waals surface area contributed by atoms with Crippen LogP contribution in [0.1, 0.15) is 33.1 Å². The maximum absolute atomic E-state index is 11.9. The summed E-state index contributed by atoms with van der Waals surface area (Å²) in [6, 6.07) is -0.839. The highest BCUT2D eigenvalue weighted by atomic mass is 16.4. The van der Waals surface area contributed by atoms with E-state index in [4.69, 9.17) is 10.8 Å². The first-order valence-corrected chi connectivity index (χ1v) is 5.75. The Bertz CT molecular complexity index is 280. The third-order valence-electron chi connectivity index (χ3n) is 3.23. The van der Waals surface area contributed by atoms with Crippen molar-refractivity contribution in [2.24, 2.45) is 11.7 Å². The van der Waals surface area contributed by atoms with Gasteiger partial charge in [-0.05, 0) is 18.8 Å². The Morgan fingerprint density at radius 2 is 2.19 bits per heavy atom. The van der Waals surface area contributed by atoms with Gasteiger partial charge in [-0.3, -0.25) is 4.79 Å². The molecule has 5 nitrogen and oxygen atoms in total. The van der Waals surface area contributed by atoms with Crippen LogP contribution in [0, 0.1) is 5.92 Å². The van der Waals surface area contributed by atoms with E-state index in [0.717, 1.165) is 12.8 Å². The summed E-state index contributed by atoms with van der Waals surface area (Å²) in [7, 11) is 0. The normalized spacial score (nSPS) is 26.8. The van der Waals surface area contributed by atoms with E-state index in [1.807, 2.05) is 13.8 Å². The average molecular weight is 228 g/mol. The molecule has 0 saturated carbocycles. The molecule has 0 aromatic rings. The fraction of sp³-hybridized carbons (Fsp3) is 0.818. The Morgan fingerprint density at radius 3 is 2.69 bits per heavy atom. The number of carboxylic acid groups (broad SMARTS) is 1. The zero-order valence-corrected chi connectivity index (χ0v) is 9.85. The maximum Gasteiger partial charge on any atom is 0.326 e. The number of rotatable bonds is 4. The van der Waals surface area contributed by atoms with E-state index in [-0.39, 0.29) is 24.3 Å². The predicted molar refractivity (Wildman–Crippen MR) is 59.8 cm³/mol. The molecule has 16 heavy (non-hydrogen) atoms. The first kappa shape index (κ1) is 13.0. The molecule has 0 aromatic heterocycles. The summed E-state index contributed by atoms with van der Waals surface area (Å²) in [5.74, 6) is -1.02. The SMILES string of the molecule is CCC(N)CC(=O)N1CCC(C)C1C(=O)O. The number of hydrogen-bond acceptors (Lipinski definition) is 3. The molecule has 0 aliphatic carbocycles. The molecule has 3 N–H and O–H groups in total. The molecule has 1 amide bonds. The van der Waals surface area contributed by atoms with E-state index in [1.165, 1.54) is 4.90 Å². The summed E-state index contributed by atoms with van der Waals surface area (Å²) in [6.07, 6.45) is 1.73. The highest BCUT2D eigenvalue weighted by Crippen LogP contribution is 2.25. The Balaban J connectivity index is 2.65. The van der Waals surface area contributed by atoms with E-state index >= 15 is 0 Å². The largest absolute Gasteiger partial charge is 0.480 e. The number of amides is 1. The molecule has 0 spiro atoms. The first-order valence-electron chi connectivity index (χ1n) is 5.75. The average Bonchev–Trinajstić information content (AvgIpc) is 2.59. The summed E-state index contributed by atoms with van der Waals surface area (Å²) < 4.78 is 0. The number of nitrogens with two attached hydrogens (primary N) is 1. The van der Waals surface area contributed by atoms with Gasteiger partial charge < -0.3 is 15.7 Å². The molecule has 1 aliphatic rings. The molecule has 0 aromatic carbocycles. The van der Waals surface area contributed by atoms with Gasteiger partial charge in [0.1, 0.15) is 6.04 Å². The number of hydrogen-bond donors (Lipinski definition) is 2. The molecule has 1 fully saturated rings. The van der Waals surface area contributed by atoms with Gasteiger partial charge in [-0.2, -0.15) is 0 Å². The minimum atomic E-state index is -0.914. The molecule has 92 valence electrons. The van der Waals surface area contributed by atoms with Gasteiger partial charge in [-0.15, -0.1) is 0 Å². The van der Waals surface area contributed by atoms with Gasteiger partial charge in [0.2, 0.25) is 5.91 Å². The number of carboxylic acids is 1. The van der Waals surface area contributed by atoms with Crippen molar-refractivity contribution >= 4 is 11.9 Å². The molecule has 0 bridgehead atoms. The summed E-state index contributed by atoms with van der Waals surface area (Å²) in [5, 5.41) is 9.07. The van der Waals surface area contributed by atoms with Crippen LogP contribution in [0.2, 0.25) is 0 Å². The molecule has 1 rings (SSSR count). The van der Waals surface area contributed by atoms with Crippen LogP contribution in [-0.4, -0.2) is 40.5 Å². The van der Waals surface area contributed by atoms with Crippen molar-refractivity contribution in [2.75, 3.05) is 6.54 Å². The fourth-order valence-electron chi connectivity index (χ4n) is 2.09. The Morgan fingerprint density at radius 1 is 1.56 bits per heavy atom. The number of aliphatic carboxylic acids is 1. The lowest BCUT2D eigenvalue weighted by Gasteiger charge is -2.24. The fourth-order valence-corrected chi connectivity index (χ4v) is 2.09. The molecule has 1 aliphatic heterocycles. The smallest absolute Gasteiger partial charge is 0.326 e. The van der Waals surface area contributed by atoms with E-state index in [1.54, 1.807) is 0 Å². The van der Waals surface area contributed by atoms with Gasteiger partial charge in [-0.1, -0.05) is 13.8 Å². The molecule has 3 unspecified atom stereocenters. The summed E-state index contributed by atoms with van der Waals surface area (Å²) in [6.45, 7) is 4.32. The molecule has 3 atom stereocenters. The van der Waals surface area contributed by atoms with Crippen LogP contribution in [0.4, 0.5) is 0 Å². The summed E-state index contributed by atoms with van der Waals surface area (Å²) >= 11 is 0. The topological polar surface area (TPSA) is 83.6 Å². The molecule has 1 saturated heterocycles. The Hall–Kier alpha value is -1.10. The van der Waals surface area contributed by atoms with Crippen LogP contribution in [-0.2, 0) is 9.59 Å². The third kappa shape index (κ3) is 2.72. The van der Waals surface area contributed by atoms with Gasteiger partial charge in [-0.25, -0.2) is 4.79 Å². The lowest BCUT2D eigenvalue weighted by molar-refractivity contribution is -0.149. The zero-order valence-electron chi connectivity index (χ0n) is 9.85. The van der Waals surface area contributed by atoms with Crippen LogP contribution in [0.3, 0.4) is 0 Å². The molecular formula is C11H20N2O3. The van der Waals surface area contributed by atoms with Gasteiger partial charge in [0.15, 0.2) is 0 Å². The second kappa shape index (κ2) is 5.30. The van der Waals surface area contributed by atoms with Crippen LogP contribution in [0.5, 0.6) is 0 Å². The van der Waals surface area contributed by atoms with Crippen LogP contribution in [0.15, 0.2) is 0 Å². The number of carbonyl (C=O) groups is 2. The standard InChI is InChI=1S/C11H20N2O3/c1-3-8(12)6-9(14)13-5-4-7(2)10(13)11(15)16/h7-8,10H,3-6,12H2,1-2H3,(H,15,16). The van der Waals surface area contributed by atoms with Crippen LogP contribution >= 0.6 is 0 Å². The number of likely N-dealkylation sites (tertiary alicyclic amines) is 1. The van der Waals surface area contributed by atoms with Crippen molar-refractivity contribution in [3.63, 3.8) is 0 Å². The molecule has 0 radical (unpaired) electrons. The first-order chi connectivity index (χ1) is 7.47. The lowest BCUT2D eigenvalue weighted by Crippen LogP contribution is -2.44. The van der Waals surface area contributed by atoms with Gasteiger partial charge >= 0.3 is 5.97 Å². The van der Waals surface area contributed by atoms with E-state index in [2.05, 4.69) is 0 Å². The second-order valence-electron chi connectivity index (χ2n) is 4.51. The van der Waals surface area contributed by atoms with Gasteiger partial charge in [0.05, 0.1) is 0 Å². The van der Waals surface area contributed by atoms with Crippen molar-refractivity contribution < 1.29 is 14.7 Å². The number of carbonyl (C=O) groups excluding carboxylic acids is 1. The Labute approximate surface area is 95.6 Å². The van der Waals surface area contributed by atoms with E-state index in [0.29, 0.717) is 6.54 Å². The monoisotopic (exact) mass is 228 g/mol. The molecule has 1 heterocycles. The third-order valence-corrected chi connectivity index (χ3v) is 3.23. The minimum Gasteiger partial charge on any atom is -0.480 e. The van der Waals surface area contributed by atoms with Crippen LogP contribution in [0.25, 0.3) is 0 Å². The predicted octanol–water partition coefficient (Wildman–Crippen LogP) is 0.435. The maximum atomic E-state index is 11.9. The lowest BCUT2D eigenvalue weighted by atomic mass is 10.0. The van der Waals surface area contributed by atoms with Gasteiger partial charge in [0, 0.05) is 19.0 Å². The molecular weight excluding hydrogens is 208 g/mol. The van der Waals surface area contributed by atoms with Crippen molar-refractivity contribution in [3.8, 4) is 0 Å². The zero-order chi connectivity index (χ0) is 12.3. The second-order valence-corrected chi connectivity index (χ2v) is 4.51. The van der Waals surface area contributed by atoms with E-state index < -0.39 is 12.0 Å². The van der Waals surface area contributed by atoms with Crippen LogP contribution < -0.4 is 5.73 Å². The quantitative estimate of drug-likeness (QED) is 0.731. The summed E-state index contributed by atoms with van der Waals surface area (Å²) in [5.41, 5.74) is 5.70. The van der Waals surface area contributed by atoms with Crippen molar-refractivity contribution in [2.45, 2.75) is 45.2 Å². The minimum absolute atomic E-state index is 0.0271. The highest BCUT2D eigenvalue weighted by Gasteiger charge is 2.39. The van der Waals surface area contributed by atoms with Crippen molar-refractivity contribution in [1.29, 1.82) is 0 Å². The summed E-state index contributed by atoms with van der Waals surface area (Å²) in [4.78, 5) is 24.4. The molecule has 5 heteroatoms. The Kier molecular flexibility index (Phi) is 4.29. The number of nitrogens with zero attached hydrogens (tertiary/aromatic N) is 1. The van der Waals surface area contributed by atoms with E-state index in [9.17, 15) is 9.59 Å². The van der Waals surface area contributed by atoms with Gasteiger partial charge in [0.25, 0.3) is 0 Å². The van der Waals surface area contributed by atoms with Crippen molar-refractivity contribution in [1.82, 2.24) is 4.90 Å². The van der Waals surface area contributed by atoms with Crippen molar-refractivity contribution in [3.05, 3.63) is 0 Å². The highest BCUT2D eigenvalue weighted by molar-refractivity contribution is 5.84.